The fourth-order valence-corrected chi connectivity index (χ4v) is 2.68. The van der Waals surface area contributed by atoms with Crippen molar-refractivity contribution in [1.82, 2.24) is 19.3 Å². The Balaban J connectivity index is 2.57. The molecule has 0 atom stereocenters. The van der Waals surface area contributed by atoms with Crippen LogP contribution in [0.3, 0.4) is 0 Å². The van der Waals surface area contributed by atoms with Gasteiger partial charge in [-0.3, -0.25) is 0 Å². The standard InChI is InChI=1S/C15H25N5O/c1-6-8-9-20-11(7-2)17-13(14(20)16)12-10(3)18-19(4)15(12)21-5/h6-9,16H2,1-5H3. The molecule has 0 spiro atoms. The minimum atomic E-state index is 0.696. The summed E-state index contributed by atoms with van der Waals surface area (Å²) in [6, 6.07) is 0. The van der Waals surface area contributed by atoms with Crippen molar-refractivity contribution in [3.63, 3.8) is 0 Å². The maximum Gasteiger partial charge on any atom is 0.221 e. The highest BCUT2D eigenvalue weighted by Crippen LogP contribution is 2.36. The SMILES string of the molecule is CCCCn1c(CC)nc(-c2c(C)nn(C)c2OC)c1N. The predicted octanol–water partition coefficient (Wildman–Crippen LogP) is 2.55. The zero-order valence-corrected chi connectivity index (χ0v) is 13.6. The molecule has 0 saturated carbocycles. The Kier molecular flexibility index (Phi) is 4.55. The van der Waals surface area contributed by atoms with Crippen molar-refractivity contribution in [2.75, 3.05) is 12.8 Å². The van der Waals surface area contributed by atoms with Gasteiger partial charge in [-0.25, -0.2) is 9.67 Å². The number of imidazole rings is 1. The van der Waals surface area contributed by atoms with E-state index in [0.29, 0.717) is 11.7 Å². The maximum absolute atomic E-state index is 6.36. The first-order valence-electron chi connectivity index (χ1n) is 7.47. The Hall–Kier alpha value is -1.98. The third-order valence-corrected chi connectivity index (χ3v) is 3.74. The van der Waals surface area contributed by atoms with E-state index in [2.05, 4.69) is 23.5 Å². The second-order valence-corrected chi connectivity index (χ2v) is 5.21. The van der Waals surface area contributed by atoms with Crippen LogP contribution in [0.4, 0.5) is 5.82 Å². The minimum Gasteiger partial charge on any atom is -0.481 e. The van der Waals surface area contributed by atoms with Gasteiger partial charge in [0.25, 0.3) is 0 Å². The quantitative estimate of drug-likeness (QED) is 0.888. The van der Waals surface area contributed by atoms with E-state index in [0.717, 1.165) is 48.6 Å². The van der Waals surface area contributed by atoms with Crippen LogP contribution < -0.4 is 10.5 Å². The molecule has 0 unspecified atom stereocenters. The summed E-state index contributed by atoms with van der Waals surface area (Å²) < 4.78 is 9.30. The Morgan fingerprint density at radius 1 is 1.29 bits per heavy atom. The highest BCUT2D eigenvalue weighted by atomic mass is 16.5. The molecule has 0 saturated heterocycles. The van der Waals surface area contributed by atoms with E-state index in [1.54, 1.807) is 11.8 Å². The van der Waals surface area contributed by atoms with Crippen LogP contribution in [0.2, 0.25) is 0 Å². The lowest BCUT2D eigenvalue weighted by atomic mass is 10.2. The lowest BCUT2D eigenvalue weighted by Crippen LogP contribution is -2.06. The lowest BCUT2D eigenvalue weighted by molar-refractivity contribution is 0.374. The van der Waals surface area contributed by atoms with Crippen LogP contribution in [0.1, 0.15) is 38.2 Å². The van der Waals surface area contributed by atoms with Gasteiger partial charge in [0.1, 0.15) is 17.3 Å². The summed E-state index contributed by atoms with van der Waals surface area (Å²) >= 11 is 0. The number of hydrogen-bond acceptors (Lipinski definition) is 4. The number of ether oxygens (including phenoxy) is 1. The van der Waals surface area contributed by atoms with Crippen molar-refractivity contribution in [2.45, 2.75) is 46.6 Å². The van der Waals surface area contributed by atoms with Crippen molar-refractivity contribution >= 4 is 5.82 Å². The molecule has 0 amide bonds. The fraction of sp³-hybridized carbons (Fsp3) is 0.600. The molecule has 0 aliphatic rings. The van der Waals surface area contributed by atoms with Gasteiger partial charge in [-0.1, -0.05) is 20.3 Å². The van der Waals surface area contributed by atoms with Crippen LogP contribution in [0.15, 0.2) is 0 Å². The molecule has 116 valence electrons. The first-order chi connectivity index (χ1) is 10.0. The molecule has 2 rings (SSSR count). The van der Waals surface area contributed by atoms with Crippen LogP contribution in [0.5, 0.6) is 5.88 Å². The lowest BCUT2D eigenvalue weighted by Gasteiger charge is -2.08. The van der Waals surface area contributed by atoms with Gasteiger partial charge >= 0.3 is 0 Å². The highest BCUT2D eigenvalue weighted by molar-refractivity contribution is 5.77. The van der Waals surface area contributed by atoms with Gasteiger partial charge in [0.2, 0.25) is 5.88 Å². The topological polar surface area (TPSA) is 70.9 Å². The average Bonchev–Trinajstić information content (AvgIpc) is 2.92. The smallest absolute Gasteiger partial charge is 0.221 e. The molecule has 0 aliphatic heterocycles. The molecule has 2 heterocycles. The monoisotopic (exact) mass is 291 g/mol. The van der Waals surface area contributed by atoms with Gasteiger partial charge < -0.3 is 15.0 Å². The van der Waals surface area contributed by atoms with Crippen molar-refractivity contribution in [2.24, 2.45) is 7.05 Å². The maximum atomic E-state index is 6.36. The van der Waals surface area contributed by atoms with Crippen LogP contribution in [0, 0.1) is 6.92 Å². The molecule has 2 aromatic rings. The first kappa shape index (κ1) is 15.4. The molecule has 2 N–H and O–H groups in total. The summed E-state index contributed by atoms with van der Waals surface area (Å²) in [4.78, 5) is 4.74. The van der Waals surface area contributed by atoms with E-state index in [9.17, 15) is 0 Å². The van der Waals surface area contributed by atoms with Gasteiger partial charge in [-0.15, -0.1) is 0 Å². The molecule has 0 fully saturated rings. The Labute approximate surface area is 125 Å². The average molecular weight is 291 g/mol. The molecule has 0 aliphatic carbocycles. The van der Waals surface area contributed by atoms with Gasteiger partial charge in [-0.05, 0) is 13.3 Å². The molecule has 0 bridgehead atoms. The fourth-order valence-electron chi connectivity index (χ4n) is 2.68. The second-order valence-electron chi connectivity index (χ2n) is 5.21. The Morgan fingerprint density at radius 3 is 2.57 bits per heavy atom. The normalized spacial score (nSPS) is 11.1. The van der Waals surface area contributed by atoms with Crippen LogP contribution in [0.25, 0.3) is 11.3 Å². The molecular weight excluding hydrogens is 266 g/mol. The largest absolute Gasteiger partial charge is 0.481 e. The van der Waals surface area contributed by atoms with Crippen LogP contribution >= 0.6 is 0 Å². The van der Waals surface area contributed by atoms with E-state index in [4.69, 9.17) is 15.5 Å². The molecular formula is C15H25N5O. The van der Waals surface area contributed by atoms with E-state index in [-0.39, 0.29) is 0 Å². The van der Waals surface area contributed by atoms with Crippen LogP contribution in [-0.2, 0) is 20.0 Å². The van der Waals surface area contributed by atoms with E-state index in [1.807, 2.05) is 14.0 Å². The summed E-state index contributed by atoms with van der Waals surface area (Å²) in [5.74, 6) is 2.41. The summed E-state index contributed by atoms with van der Waals surface area (Å²) in [6.07, 6.45) is 3.08. The van der Waals surface area contributed by atoms with Crippen molar-refractivity contribution in [3.05, 3.63) is 11.5 Å². The number of unbranched alkanes of at least 4 members (excludes halogenated alkanes) is 1. The third kappa shape index (κ3) is 2.62. The number of aromatic nitrogens is 4. The minimum absolute atomic E-state index is 0.696. The van der Waals surface area contributed by atoms with E-state index in [1.165, 1.54) is 0 Å². The van der Waals surface area contributed by atoms with Crippen molar-refractivity contribution < 1.29 is 4.74 Å². The van der Waals surface area contributed by atoms with Gasteiger partial charge in [-0.2, -0.15) is 5.10 Å². The number of rotatable bonds is 6. The van der Waals surface area contributed by atoms with Crippen molar-refractivity contribution in [1.29, 1.82) is 0 Å². The second kappa shape index (κ2) is 6.20. The number of hydrogen-bond donors (Lipinski definition) is 1. The van der Waals surface area contributed by atoms with Gasteiger partial charge in [0.15, 0.2) is 0 Å². The molecule has 21 heavy (non-hydrogen) atoms. The summed E-state index contributed by atoms with van der Waals surface area (Å²) in [6.45, 7) is 7.13. The summed E-state index contributed by atoms with van der Waals surface area (Å²) in [7, 11) is 3.51. The molecule has 6 nitrogen and oxygen atoms in total. The van der Waals surface area contributed by atoms with E-state index >= 15 is 0 Å². The number of nitrogens with zero attached hydrogens (tertiary/aromatic N) is 4. The number of nitrogen functional groups attached to an aromatic ring is 1. The third-order valence-electron chi connectivity index (χ3n) is 3.74. The predicted molar refractivity (Wildman–Crippen MR) is 84.4 cm³/mol. The summed E-state index contributed by atoms with van der Waals surface area (Å²) in [5.41, 5.74) is 8.91. The van der Waals surface area contributed by atoms with Gasteiger partial charge in [0, 0.05) is 20.0 Å². The highest BCUT2D eigenvalue weighted by Gasteiger charge is 2.23. The first-order valence-corrected chi connectivity index (χ1v) is 7.47. The summed E-state index contributed by atoms with van der Waals surface area (Å²) in [5, 5.41) is 4.41. The Bertz CT molecular complexity index is 627. The zero-order chi connectivity index (χ0) is 15.6. The zero-order valence-electron chi connectivity index (χ0n) is 13.6. The molecule has 0 radical (unpaired) electrons. The number of nitrogens with two attached hydrogens (primary N) is 1. The Morgan fingerprint density at radius 2 is 2.00 bits per heavy atom. The van der Waals surface area contributed by atoms with E-state index < -0.39 is 0 Å². The number of methoxy groups -OCH3 is 1. The molecule has 6 heteroatoms. The number of anilines is 1. The van der Waals surface area contributed by atoms with Gasteiger partial charge in [0.05, 0.1) is 18.4 Å². The van der Waals surface area contributed by atoms with Crippen molar-refractivity contribution in [3.8, 4) is 17.1 Å². The molecule has 0 aromatic carbocycles. The molecule has 2 aromatic heterocycles. The number of aryl methyl sites for hydroxylation is 3. The van der Waals surface area contributed by atoms with Crippen LogP contribution in [-0.4, -0.2) is 26.4 Å².